The summed E-state index contributed by atoms with van der Waals surface area (Å²) in [5.41, 5.74) is 2.41. The van der Waals surface area contributed by atoms with E-state index in [0.29, 0.717) is 16.5 Å². The van der Waals surface area contributed by atoms with Crippen molar-refractivity contribution >= 4 is 15.9 Å². The molecule has 0 aliphatic rings. The molecule has 0 amide bonds. The molecule has 96 valence electrons. The van der Waals surface area contributed by atoms with Gasteiger partial charge in [-0.05, 0) is 30.2 Å². The average Bonchev–Trinajstić information content (AvgIpc) is 2.25. The summed E-state index contributed by atoms with van der Waals surface area (Å²) in [7, 11) is 0. The normalized spacial score (nSPS) is 13.8. The van der Waals surface area contributed by atoms with Gasteiger partial charge in [0.15, 0.2) is 0 Å². The molecule has 6 heteroatoms. The number of rotatable bonds is 4. The van der Waals surface area contributed by atoms with Crippen LogP contribution in [-0.4, -0.2) is 0 Å². The van der Waals surface area contributed by atoms with E-state index in [1.54, 1.807) is 0 Å². The zero-order chi connectivity index (χ0) is 13.1. The van der Waals surface area contributed by atoms with E-state index in [0.717, 1.165) is 18.6 Å². The molecular weight excluding hydrogens is 297 g/mol. The molecule has 1 rings (SSSR count). The van der Waals surface area contributed by atoms with E-state index in [-0.39, 0.29) is 6.04 Å². The maximum absolute atomic E-state index is 12.6. The zero-order valence-electron chi connectivity index (χ0n) is 9.31. The van der Waals surface area contributed by atoms with Crippen molar-refractivity contribution in [1.82, 2.24) is 5.43 Å². The van der Waals surface area contributed by atoms with Crippen molar-refractivity contribution in [1.29, 1.82) is 0 Å². The van der Waals surface area contributed by atoms with Crippen molar-refractivity contribution in [3.63, 3.8) is 0 Å². The van der Waals surface area contributed by atoms with Crippen LogP contribution in [0.15, 0.2) is 22.7 Å². The van der Waals surface area contributed by atoms with Crippen molar-refractivity contribution in [3.8, 4) is 0 Å². The lowest BCUT2D eigenvalue weighted by molar-refractivity contribution is -0.137. The zero-order valence-corrected chi connectivity index (χ0v) is 10.9. The molecule has 3 N–H and O–H groups in total. The Bertz CT molecular complexity index is 379. The Kier molecular flexibility index (Phi) is 4.97. The third-order valence-electron chi connectivity index (χ3n) is 2.48. The van der Waals surface area contributed by atoms with E-state index in [1.165, 1.54) is 6.07 Å². The van der Waals surface area contributed by atoms with E-state index in [1.807, 2.05) is 6.92 Å². The highest BCUT2D eigenvalue weighted by Crippen LogP contribution is 2.34. The molecule has 0 heterocycles. The second-order valence-corrected chi connectivity index (χ2v) is 4.60. The Hall–Kier alpha value is -0.590. The second kappa shape index (κ2) is 5.84. The van der Waals surface area contributed by atoms with Crippen LogP contribution in [0.4, 0.5) is 13.2 Å². The van der Waals surface area contributed by atoms with Crippen LogP contribution in [0.2, 0.25) is 0 Å². The molecule has 0 aliphatic heterocycles. The highest BCUT2D eigenvalue weighted by atomic mass is 79.9. The Morgan fingerprint density at radius 3 is 2.53 bits per heavy atom. The largest absolute Gasteiger partial charge is 0.416 e. The molecule has 0 spiro atoms. The van der Waals surface area contributed by atoms with Gasteiger partial charge in [-0.2, -0.15) is 13.2 Å². The number of benzene rings is 1. The van der Waals surface area contributed by atoms with Crippen LogP contribution in [0.5, 0.6) is 0 Å². The summed E-state index contributed by atoms with van der Waals surface area (Å²) in [6.45, 7) is 1.95. The second-order valence-electron chi connectivity index (χ2n) is 3.74. The van der Waals surface area contributed by atoms with Gasteiger partial charge in [0.05, 0.1) is 5.56 Å². The number of hydrogen-bond donors (Lipinski definition) is 2. The van der Waals surface area contributed by atoms with Gasteiger partial charge < -0.3 is 0 Å². The first-order valence-corrected chi connectivity index (χ1v) is 6.02. The number of nitrogens with one attached hydrogen (secondary N) is 1. The summed E-state index contributed by atoms with van der Waals surface area (Å²) in [5.74, 6) is 5.37. The lowest BCUT2D eigenvalue weighted by Gasteiger charge is -2.18. The Balaban J connectivity index is 3.13. The Morgan fingerprint density at radius 1 is 1.41 bits per heavy atom. The first-order valence-electron chi connectivity index (χ1n) is 5.23. The van der Waals surface area contributed by atoms with Gasteiger partial charge in [-0.1, -0.05) is 29.3 Å². The van der Waals surface area contributed by atoms with E-state index < -0.39 is 11.7 Å². The van der Waals surface area contributed by atoms with Gasteiger partial charge in [0.25, 0.3) is 0 Å². The summed E-state index contributed by atoms with van der Waals surface area (Å²) >= 11 is 3.25. The van der Waals surface area contributed by atoms with Gasteiger partial charge in [-0.3, -0.25) is 11.3 Å². The molecule has 0 fully saturated rings. The van der Waals surface area contributed by atoms with E-state index in [9.17, 15) is 13.2 Å². The molecule has 0 radical (unpaired) electrons. The highest BCUT2D eigenvalue weighted by Gasteiger charge is 2.31. The topological polar surface area (TPSA) is 38.0 Å². The Morgan fingerprint density at radius 2 is 2.06 bits per heavy atom. The third-order valence-corrected chi connectivity index (χ3v) is 3.20. The summed E-state index contributed by atoms with van der Waals surface area (Å²) in [5, 5.41) is 0. The number of halogens is 4. The van der Waals surface area contributed by atoms with Gasteiger partial charge in [0, 0.05) is 10.5 Å². The fourth-order valence-corrected chi connectivity index (χ4v) is 2.13. The first-order chi connectivity index (χ1) is 7.90. The lowest BCUT2D eigenvalue weighted by Crippen LogP contribution is -2.28. The third kappa shape index (κ3) is 3.69. The minimum Gasteiger partial charge on any atom is -0.271 e. The molecule has 0 saturated heterocycles. The molecular formula is C11H14BrF3N2. The van der Waals surface area contributed by atoms with Gasteiger partial charge in [-0.15, -0.1) is 0 Å². The number of nitrogens with two attached hydrogens (primary N) is 1. The molecule has 0 aromatic heterocycles. The van der Waals surface area contributed by atoms with Crippen molar-refractivity contribution in [2.45, 2.75) is 32.0 Å². The standard InChI is InChI=1S/C11H14BrF3N2/c1-2-3-10(17-16)8-6-7(11(13,14)15)4-5-9(8)12/h4-6,10,17H,2-3,16H2,1H3. The fraction of sp³-hybridized carbons (Fsp3) is 0.455. The Labute approximate surface area is 106 Å². The summed E-state index contributed by atoms with van der Waals surface area (Å²) in [4.78, 5) is 0. The predicted molar refractivity (Wildman–Crippen MR) is 64.1 cm³/mol. The van der Waals surface area contributed by atoms with Crippen molar-refractivity contribution in [3.05, 3.63) is 33.8 Å². The lowest BCUT2D eigenvalue weighted by atomic mass is 10.0. The van der Waals surface area contributed by atoms with Gasteiger partial charge in [0.2, 0.25) is 0 Å². The van der Waals surface area contributed by atoms with Crippen LogP contribution in [-0.2, 0) is 6.18 Å². The van der Waals surface area contributed by atoms with Crippen LogP contribution in [0, 0.1) is 0 Å². The maximum atomic E-state index is 12.6. The predicted octanol–water partition coefficient (Wildman–Crippen LogP) is 3.77. The van der Waals surface area contributed by atoms with E-state index in [4.69, 9.17) is 5.84 Å². The summed E-state index contributed by atoms with van der Waals surface area (Å²) in [6.07, 6.45) is -2.82. The summed E-state index contributed by atoms with van der Waals surface area (Å²) in [6, 6.07) is 3.30. The van der Waals surface area contributed by atoms with Crippen molar-refractivity contribution in [2.24, 2.45) is 5.84 Å². The average molecular weight is 311 g/mol. The maximum Gasteiger partial charge on any atom is 0.416 e. The fourth-order valence-electron chi connectivity index (χ4n) is 1.60. The van der Waals surface area contributed by atoms with Crippen LogP contribution >= 0.6 is 15.9 Å². The molecule has 1 atom stereocenters. The summed E-state index contributed by atoms with van der Waals surface area (Å²) < 4.78 is 38.4. The molecule has 1 unspecified atom stereocenters. The molecule has 2 nitrogen and oxygen atoms in total. The van der Waals surface area contributed by atoms with Gasteiger partial charge in [-0.25, -0.2) is 0 Å². The SMILES string of the molecule is CCCC(NN)c1cc(C(F)(F)F)ccc1Br. The van der Waals surface area contributed by atoms with E-state index in [2.05, 4.69) is 21.4 Å². The van der Waals surface area contributed by atoms with Crippen LogP contribution in [0.3, 0.4) is 0 Å². The first kappa shape index (κ1) is 14.5. The van der Waals surface area contributed by atoms with Gasteiger partial charge in [0.1, 0.15) is 0 Å². The smallest absolute Gasteiger partial charge is 0.271 e. The molecule has 17 heavy (non-hydrogen) atoms. The van der Waals surface area contributed by atoms with Crippen molar-refractivity contribution < 1.29 is 13.2 Å². The minimum atomic E-state index is -4.33. The van der Waals surface area contributed by atoms with E-state index >= 15 is 0 Å². The molecule has 1 aromatic carbocycles. The van der Waals surface area contributed by atoms with Gasteiger partial charge >= 0.3 is 6.18 Å². The molecule has 0 aliphatic carbocycles. The van der Waals surface area contributed by atoms with Crippen LogP contribution < -0.4 is 11.3 Å². The highest BCUT2D eigenvalue weighted by molar-refractivity contribution is 9.10. The van der Waals surface area contributed by atoms with Crippen molar-refractivity contribution in [2.75, 3.05) is 0 Å². The minimum absolute atomic E-state index is 0.281. The molecule has 1 aromatic rings. The van der Waals surface area contributed by atoms with Crippen LogP contribution in [0.25, 0.3) is 0 Å². The number of hydrazine groups is 1. The quantitative estimate of drug-likeness (QED) is 0.656. The number of alkyl halides is 3. The van der Waals surface area contributed by atoms with Crippen LogP contribution in [0.1, 0.15) is 36.9 Å². The number of hydrogen-bond acceptors (Lipinski definition) is 2. The molecule has 0 saturated carbocycles. The monoisotopic (exact) mass is 310 g/mol. The molecule has 0 bridgehead atoms.